The van der Waals surface area contributed by atoms with E-state index in [9.17, 15) is 9.59 Å². The van der Waals surface area contributed by atoms with Gasteiger partial charge in [0, 0.05) is 0 Å². The van der Waals surface area contributed by atoms with Crippen LogP contribution in [0.15, 0.2) is 11.8 Å². The first-order valence-electron chi connectivity index (χ1n) is 4.60. The van der Waals surface area contributed by atoms with Gasteiger partial charge in [-0.3, -0.25) is 4.79 Å². The Balaban J connectivity index is 2.33. The lowest BCUT2D eigenvalue weighted by Crippen LogP contribution is -2.23. The lowest BCUT2D eigenvalue weighted by Gasteiger charge is -2.15. The molecule has 0 radical (unpaired) electrons. The lowest BCUT2D eigenvalue weighted by atomic mass is 9.97. The smallest absolute Gasteiger partial charge is 0.461 e. The van der Waals surface area contributed by atoms with E-state index in [4.69, 9.17) is 4.74 Å². The van der Waals surface area contributed by atoms with Gasteiger partial charge in [-0.15, -0.1) is 0 Å². The third-order valence-corrected chi connectivity index (χ3v) is 1.68. The zero-order valence-electron chi connectivity index (χ0n) is 9.03. The van der Waals surface area contributed by atoms with Gasteiger partial charge in [0.05, 0.1) is 5.41 Å². The molecule has 15 heavy (non-hydrogen) atoms. The molecular formula is C10H14O5. The van der Waals surface area contributed by atoms with Crippen LogP contribution in [0.1, 0.15) is 20.8 Å². The molecule has 0 atom stereocenters. The van der Waals surface area contributed by atoms with Gasteiger partial charge < -0.3 is 14.2 Å². The molecule has 84 valence electrons. The van der Waals surface area contributed by atoms with Gasteiger partial charge >= 0.3 is 12.1 Å². The Morgan fingerprint density at radius 2 is 2.20 bits per heavy atom. The summed E-state index contributed by atoms with van der Waals surface area (Å²) in [4.78, 5) is 21.8. The second kappa shape index (κ2) is 4.33. The number of ether oxygens (including phenoxy) is 3. The average molecular weight is 214 g/mol. The highest BCUT2D eigenvalue weighted by atomic mass is 16.8. The Labute approximate surface area is 88.0 Å². The molecule has 0 bridgehead atoms. The van der Waals surface area contributed by atoms with Gasteiger partial charge in [0.1, 0.15) is 12.4 Å². The summed E-state index contributed by atoms with van der Waals surface area (Å²) in [6.45, 7) is 5.48. The molecule has 1 rings (SSSR count). The lowest BCUT2D eigenvalue weighted by molar-refractivity contribution is -0.151. The van der Waals surface area contributed by atoms with Gasteiger partial charge in [0.25, 0.3) is 0 Å². The molecule has 1 fully saturated rings. The molecule has 0 aromatic heterocycles. The van der Waals surface area contributed by atoms with Crippen LogP contribution in [0.3, 0.4) is 0 Å². The number of carbonyl (C=O) groups excluding carboxylic acids is 2. The van der Waals surface area contributed by atoms with E-state index in [0.717, 1.165) is 0 Å². The normalized spacial score (nSPS) is 18.6. The predicted octanol–water partition coefficient (Wildman–Crippen LogP) is 1.63. The van der Waals surface area contributed by atoms with Gasteiger partial charge in [-0.25, -0.2) is 4.79 Å². The largest absolute Gasteiger partial charge is 0.514 e. The number of carbonyl (C=O) groups is 2. The number of rotatable bonds is 2. The first-order chi connectivity index (χ1) is 6.89. The molecule has 5 heteroatoms. The highest BCUT2D eigenvalue weighted by molar-refractivity contribution is 5.75. The minimum Gasteiger partial charge on any atom is -0.461 e. The van der Waals surface area contributed by atoms with Crippen LogP contribution < -0.4 is 0 Å². The number of esters is 1. The second-order valence-corrected chi connectivity index (χ2v) is 4.16. The fraction of sp³-hybridized carbons (Fsp3) is 0.600. The van der Waals surface area contributed by atoms with Crippen LogP contribution >= 0.6 is 0 Å². The summed E-state index contributed by atoms with van der Waals surface area (Å²) in [7, 11) is 0. The quantitative estimate of drug-likeness (QED) is 0.654. The van der Waals surface area contributed by atoms with Gasteiger partial charge in [0.15, 0.2) is 6.61 Å². The van der Waals surface area contributed by atoms with Crippen LogP contribution in [-0.2, 0) is 19.0 Å². The first kappa shape index (κ1) is 11.6. The molecule has 0 aromatic rings. The average Bonchev–Trinajstić information content (AvgIpc) is 2.49. The highest BCUT2D eigenvalue weighted by Gasteiger charge is 2.23. The van der Waals surface area contributed by atoms with Crippen LogP contribution in [0.5, 0.6) is 0 Å². The Morgan fingerprint density at radius 3 is 2.67 bits per heavy atom. The molecule has 1 saturated heterocycles. The van der Waals surface area contributed by atoms with Crippen LogP contribution in [0.4, 0.5) is 4.79 Å². The van der Waals surface area contributed by atoms with E-state index < -0.39 is 11.6 Å². The molecular weight excluding hydrogens is 200 g/mol. The van der Waals surface area contributed by atoms with E-state index in [-0.39, 0.29) is 19.2 Å². The highest BCUT2D eigenvalue weighted by Crippen LogP contribution is 2.15. The molecule has 0 aromatic carbocycles. The van der Waals surface area contributed by atoms with Crippen molar-refractivity contribution in [2.75, 3.05) is 13.2 Å². The van der Waals surface area contributed by atoms with E-state index in [0.29, 0.717) is 5.76 Å². The summed E-state index contributed by atoms with van der Waals surface area (Å²) in [6.07, 6.45) is 0.789. The van der Waals surface area contributed by atoms with Crippen LogP contribution in [-0.4, -0.2) is 25.3 Å². The second-order valence-electron chi connectivity index (χ2n) is 4.16. The molecule has 5 nitrogen and oxygen atoms in total. The van der Waals surface area contributed by atoms with Crippen molar-refractivity contribution in [1.82, 2.24) is 0 Å². The minimum absolute atomic E-state index is 0.0854. The molecule has 0 spiro atoms. The molecule has 0 unspecified atom stereocenters. The summed E-state index contributed by atoms with van der Waals surface area (Å²) in [5.74, 6) is 0.0753. The zero-order chi connectivity index (χ0) is 11.5. The summed E-state index contributed by atoms with van der Waals surface area (Å²) >= 11 is 0. The van der Waals surface area contributed by atoms with Crippen molar-refractivity contribution in [3.05, 3.63) is 11.8 Å². The van der Waals surface area contributed by atoms with E-state index in [1.165, 1.54) is 6.08 Å². The Bertz CT molecular complexity index is 297. The van der Waals surface area contributed by atoms with Crippen LogP contribution in [0, 0.1) is 5.41 Å². The maximum absolute atomic E-state index is 11.3. The molecule has 1 heterocycles. The van der Waals surface area contributed by atoms with Crippen LogP contribution in [0.25, 0.3) is 0 Å². The van der Waals surface area contributed by atoms with Crippen molar-refractivity contribution >= 4 is 12.1 Å². The molecule has 0 saturated carbocycles. The number of hydrogen-bond donors (Lipinski definition) is 0. The number of hydrogen-bond acceptors (Lipinski definition) is 5. The topological polar surface area (TPSA) is 61.8 Å². The molecule has 1 aliphatic rings. The van der Waals surface area contributed by atoms with Crippen molar-refractivity contribution in [2.24, 2.45) is 5.41 Å². The van der Waals surface area contributed by atoms with Crippen molar-refractivity contribution in [3.63, 3.8) is 0 Å². The maximum atomic E-state index is 11.3. The molecule has 0 aliphatic carbocycles. The summed E-state index contributed by atoms with van der Waals surface area (Å²) in [5.41, 5.74) is -0.526. The minimum atomic E-state index is -0.719. The van der Waals surface area contributed by atoms with Crippen LogP contribution in [0.2, 0.25) is 0 Å². The first-order valence-corrected chi connectivity index (χ1v) is 4.60. The standard InChI is InChI=1S/C10H14O5/c1-10(2,3)8(11)13-5-4-7-6-14-9(12)15-7/h4H,5-6H2,1-3H3/b7-4+. The maximum Gasteiger partial charge on any atom is 0.514 e. The molecule has 0 N–H and O–H groups in total. The van der Waals surface area contributed by atoms with Crippen molar-refractivity contribution in [1.29, 1.82) is 0 Å². The van der Waals surface area contributed by atoms with E-state index in [1.54, 1.807) is 20.8 Å². The Kier molecular flexibility index (Phi) is 3.34. The monoisotopic (exact) mass is 214 g/mol. The molecule has 0 amide bonds. The summed E-state index contributed by atoms with van der Waals surface area (Å²) in [5, 5.41) is 0. The SMILES string of the molecule is CC(C)(C)C(=O)OC/C=C1\COC(=O)O1. The fourth-order valence-corrected chi connectivity index (χ4v) is 0.823. The van der Waals surface area contributed by atoms with Crippen molar-refractivity contribution in [2.45, 2.75) is 20.8 Å². The zero-order valence-corrected chi connectivity index (χ0v) is 9.03. The Hall–Kier alpha value is -1.52. The van der Waals surface area contributed by atoms with Gasteiger partial charge in [0.2, 0.25) is 0 Å². The summed E-state index contributed by atoms with van der Waals surface area (Å²) < 4.78 is 14.1. The van der Waals surface area contributed by atoms with Crippen molar-refractivity contribution < 1.29 is 23.8 Å². The van der Waals surface area contributed by atoms with Gasteiger partial charge in [-0.1, -0.05) is 0 Å². The third kappa shape index (κ3) is 3.61. The summed E-state index contributed by atoms with van der Waals surface area (Å²) in [6, 6.07) is 0. The van der Waals surface area contributed by atoms with E-state index in [2.05, 4.69) is 9.47 Å². The number of cyclic esters (lactones) is 2. The predicted molar refractivity (Wildman–Crippen MR) is 50.9 cm³/mol. The van der Waals surface area contributed by atoms with Gasteiger partial charge in [-0.2, -0.15) is 0 Å². The van der Waals surface area contributed by atoms with E-state index in [1.807, 2.05) is 0 Å². The van der Waals surface area contributed by atoms with Gasteiger partial charge in [-0.05, 0) is 26.8 Å². The van der Waals surface area contributed by atoms with E-state index >= 15 is 0 Å². The third-order valence-electron chi connectivity index (χ3n) is 1.68. The Morgan fingerprint density at radius 1 is 1.53 bits per heavy atom. The fourth-order valence-electron chi connectivity index (χ4n) is 0.823. The molecule has 1 aliphatic heterocycles. The van der Waals surface area contributed by atoms with Crippen molar-refractivity contribution in [3.8, 4) is 0 Å².